The van der Waals surface area contributed by atoms with E-state index in [0.29, 0.717) is 5.82 Å². The van der Waals surface area contributed by atoms with Crippen LogP contribution in [0.3, 0.4) is 0 Å². The van der Waals surface area contributed by atoms with Crippen molar-refractivity contribution < 1.29 is 14.3 Å². The zero-order valence-electron chi connectivity index (χ0n) is 10.9. The lowest BCUT2D eigenvalue weighted by Gasteiger charge is -2.40. The van der Waals surface area contributed by atoms with Gasteiger partial charge in [0.15, 0.2) is 0 Å². The Morgan fingerprint density at radius 1 is 1.42 bits per heavy atom. The minimum Gasteiger partial charge on any atom is -0.481 e. The van der Waals surface area contributed by atoms with Crippen molar-refractivity contribution in [1.82, 2.24) is 15.3 Å². The first-order valence-corrected chi connectivity index (χ1v) is 5.65. The summed E-state index contributed by atoms with van der Waals surface area (Å²) in [5.74, 6) is -0.113. The van der Waals surface area contributed by atoms with Crippen molar-refractivity contribution in [2.45, 2.75) is 19.4 Å². The van der Waals surface area contributed by atoms with E-state index >= 15 is 0 Å². The summed E-state index contributed by atoms with van der Waals surface area (Å²) in [5.41, 5.74) is 4.67. The fourth-order valence-corrected chi connectivity index (χ4v) is 1.82. The molecular formula is C11H15N5O3. The lowest BCUT2D eigenvalue weighted by Crippen LogP contribution is -2.64. The quantitative estimate of drug-likeness (QED) is 0.681. The molecule has 0 aromatic carbocycles. The zero-order valence-corrected chi connectivity index (χ0v) is 10.9. The first-order chi connectivity index (χ1) is 8.84. The summed E-state index contributed by atoms with van der Waals surface area (Å²) < 4.78 is 5.01. The maximum atomic E-state index is 11.9. The van der Waals surface area contributed by atoms with E-state index < -0.39 is 5.54 Å². The van der Waals surface area contributed by atoms with Gasteiger partial charge in [0.05, 0.1) is 13.7 Å². The number of ether oxygens (including phenoxy) is 1. The van der Waals surface area contributed by atoms with Gasteiger partial charge >= 0.3 is 0 Å². The molecule has 19 heavy (non-hydrogen) atoms. The Hall–Kier alpha value is -2.38. The molecule has 0 bridgehead atoms. The predicted molar refractivity (Wildman–Crippen MR) is 67.6 cm³/mol. The molecule has 2 amide bonds. The molecule has 1 aliphatic rings. The molecule has 1 aromatic heterocycles. The molecule has 0 saturated carbocycles. The van der Waals surface area contributed by atoms with E-state index in [1.54, 1.807) is 18.7 Å². The number of nitrogens with two attached hydrogens (primary N) is 1. The normalized spacial score (nSPS) is 18.2. The molecule has 8 nitrogen and oxygen atoms in total. The standard InChI is InChI=1S/C11H15N5O3/c1-11(2)9(18)14-7(17)5-16(11)6-4-8(19-3)15-10(12)13-6/h4H,5H2,1-3H3,(H2,12,13,15)(H,14,17,18). The van der Waals surface area contributed by atoms with Gasteiger partial charge in [0, 0.05) is 6.07 Å². The van der Waals surface area contributed by atoms with E-state index in [9.17, 15) is 9.59 Å². The van der Waals surface area contributed by atoms with Crippen LogP contribution in [0, 0.1) is 0 Å². The third-order valence-corrected chi connectivity index (χ3v) is 2.98. The molecule has 2 rings (SSSR count). The molecule has 0 atom stereocenters. The number of imide groups is 1. The first kappa shape index (κ1) is 13.1. The van der Waals surface area contributed by atoms with Crippen LogP contribution in [0.25, 0.3) is 0 Å². The summed E-state index contributed by atoms with van der Waals surface area (Å²) in [4.78, 5) is 32.9. The van der Waals surface area contributed by atoms with Crippen molar-refractivity contribution in [2.24, 2.45) is 0 Å². The molecular weight excluding hydrogens is 250 g/mol. The highest BCUT2D eigenvalue weighted by Crippen LogP contribution is 2.27. The highest BCUT2D eigenvalue weighted by atomic mass is 16.5. The smallest absolute Gasteiger partial charge is 0.251 e. The van der Waals surface area contributed by atoms with Gasteiger partial charge in [-0.05, 0) is 13.8 Å². The fraction of sp³-hybridized carbons (Fsp3) is 0.455. The molecule has 0 unspecified atom stereocenters. The Kier molecular flexibility index (Phi) is 3.01. The summed E-state index contributed by atoms with van der Waals surface area (Å²) in [6, 6.07) is 1.53. The number of rotatable bonds is 2. The van der Waals surface area contributed by atoms with Crippen molar-refractivity contribution in [3.05, 3.63) is 6.07 Å². The number of carbonyl (C=O) groups excluding carboxylic acids is 2. The topological polar surface area (TPSA) is 110 Å². The van der Waals surface area contributed by atoms with Crippen molar-refractivity contribution in [2.75, 3.05) is 24.3 Å². The van der Waals surface area contributed by atoms with E-state index in [-0.39, 0.29) is 30.2 Å². The molecule has 1 aromatic rings. The summed E-state index contributed by atoms with van der Waals surface area (Å²) in [5, 5.41) is 2.29. The summed E-state index contributed by atoms with van der Waals surface area (Å²) in [6.07, 6.45) is 0. The van der Waals surface area contributed by atoms with Gasteiger partial charge in [-0.25, -0.2) is 0 Å². The molecule has 8 heteroatoms. The van der Waals surface area contributed by atoms with Gasteiger partial charge in [-0.3, -0.25) is 14.9 Å². The average Bonchev–Trinajstić information content (AvgIpc) is 2.33. The molecule has 0 spiro atoms. The van der Waals surface area contributed by atoms with Gasteiger partial charge in [0.2, 0.25) is 17.7 Å². The number of nitrogen functional groups attached to an aromatic ring is 1. The average molecular weight is 265 g/mol. The van der Waals surface area contributed by atoms with Crippen LogP contribution in [0.1, 0.15) is 13.8 Å². The van der Waals surface area contributed by atoms with Crippen LogP contribution in [0.5, 0.6) is 5.88 Å². The third-order valence-electron chi connectivity index (χ3n) is 2.98. The molecule has 3 N–H and O–H groups in total. The van der Waals surface area contributed by atoms with E-state index in [0.717, 1.165) is 0 Å². The van der Waals surface area contributed by atoms with E-state index in [1.807, 2.05) is 0 Å². The number of carbonyl (C=O) groups is 2. The second-order valence-electron chi connectivity index (χ2n) is 4.65. The zero-order chi connectivity index (χ0) is 14.2. The number of methoxy groups -OCH3 is 1. The summed E-state index contributed by atoms with van der Waals surface area (Å²) in [6.45, 7) is 3.40. The number of piperazine rings is 1. The number of hydrogen-bond acceptors (Lipinski definition) is 7. The minimum atomic E-state index is -0.917. The van der Waals surface area contributed by atoms with E-state index in [4.69, 9.17) is 10.5 Å². The lowest BCUT2D eigenvalue weighted by molar-refractivity contribution is -0.135. The van der Waals surface area contributed by atoms with Crippen molar-refractivity contribution in [3.63, 3.8) is 0 Å². The minimum absolute atomic E-state index is 0.0122. The van der Waals surface area contributed by atoms with Gasteiger partial charge in [0.1, 0.15) is 11.4 Å². The Morgan fingerprint density at radius 3 is 2.74 bits per heavy atom. The van der Waals surface area contributed by atoms with Crippen LogP contribution in [0.15, 0.2) is 6.07 Å². The molecule has 102 valence electrons. The number of nitrogens with one attached hydrogen (secondary N) is 1. The second kappa shape index (κ2) is 4.38. The highest BCUT2D eigenvalue weighted by molar-refractivity contribution is 6.06. The number of anilines is 2. The third kappa shape index (κ3) is 2.28. The van der Waals surface area contributed by atoms with Gasteiger partial charge in [-0.1, -0.05) is 0 Å². The van der Waals surface area contributed by atoms with Crippen molar-refractivity contribution in [1.29, 1.82) is 0 Å². The Bertz CT molecular complexity index is 543. The molecule has 1 aliphatic heterocycles. The monoisotopic (exact) mass is 265 g/mol. The maximum absolute atomic E-state index is 11.9. The second-order valence-corrected chi connectivity index (χ2v) is 4.65. The predicted octanol–water partition coefficient (Wildman–Crippen LogP) is -0.691. The van der Waals surface area contributed by atoms with Gasteiger partial charge in [-0.15, -0.1) is 0 Å². The number of hydrogen-bond donors (Lipinski definition) is 2. The Labute approximate surface area is 110 Å². The molecule has 0 radical (unpaired) electrons. The molecule has 2 heterocycles. The molecule has 0 aliphatic carbocycles. The number of nitrogens with zero attached hydrogens (tertiary/aromatic N) is 3. The SMILES string of the molecule is COc1cc(N2CC(=O)NC(=O)C2(C)C)nc(N)n1. The maximum Gasteiger partial charge on any atom is 0.251 e. The van der Waals surface area contributed by atoms with Crippen LogP contribution in [0.2, 0.25) is 0 Å². The lowest BCUT2D eigenvalue weighted by atomic mass is 9.99. The van der Waals surface area contributed by atoms with Crippen LogP contribution < -0.4 is 20.7 Å². The molecule has 1 saturated heterocycles. The number of amides is 2. The van der Waals surface area contributed by atoms with Crippen LogP contribution in [-0.2, 0) is 9.59 Å². The summed E-state index contributed by atoms with van der Waals surface area (Å²) >= 11 is 0. The fourth-order valence-electron chi connectivity index (χ4n) is 1.82. The van der Waals surface area contributed by atoms with Gasteiger partial charge in [-0.2, -0.15) is 9.97 Å². The van der Waals surface area contributed by atoms with E-state index in [1.165, 1.54) is 13.2 Å². The Balaban J connectivity index is 2.46. The first-order valence-electron chi connectivity index (χ1n) is 5.65. The van der Waals surface area contributed by atoms with E-state index in [2.05, 4.69) is 15.3 Å². The highest BCUT2D eigenvalue weighted by Gasteiger charge is 2.41. The van der Waals surface area contributed by atoms with Crippen LogP contribution in [0.4, 0.5) is 11.8 Å². The van der Waals surface area contributed by atoms with Crippen LogP contribution in [-0.4, -0.2) is 41.0 Å². The Morgan fingerprint density at radius 2 is 2.11 bits per heavy atom. The van der Waals surface area contributed by atoms with Crippen molar-refractivity contribution >= 4 is 23.6 Å². The van der Waals surface area contributed by atoms with Crippen LogP contribution >= 0.6 is 0 Å². The summed E-state index contributed by atoms with van der Waals surface area (Å²) in [7, 11) is 1.45. The molecule has 1 fully saturated rings. The van der Waals surface area contributed by atoms with Gasteiger partial charge < -0.3 is 15.4 Å². The number of aromatic nitrogens is 2. The van der Waals surface area contributed by atoms with Crippen molar-refractivity contribution in [3.8, 4) is 5.88 Å². The largest absolute Gasteiger partial charge is 0.481 e. The van der Waals surface area contributed by atoms with Gasteiger partial charge in [0.25, 0.3) is 5.91 Å².